The molecular formula is C19H18N4O5S2. The predicted molar refractivity (Wildman–Crippen MR) is 117 cm³/mol. The molecule has 1 aromatic heterocycles. The second kappa shape index (κ2) is 8.93. The fourth-order valence-corrected chi connectivity index (χ4v) is 4.48. The lowest BCUT2D eigenvalue weighted by molar-refractivity contribution is -0.385. The molecule has 3 rings (SSSR count). The van der Waals surface area contributed by atoms with Gasteiger partial charge in [-0.3, -0.25) is 20.3 Å². The zero-order valence-electron chi connectivity index (χ0n) is 16.0. The number of nitrogens with zero attached hydrogens (tertiary/aromatic N) is 2. The van der Waals surface area contributed by atoms with Gasteiger partial charge in [0.1, 0.15) is 10.6 Å². The van der Waals surface area contributed by atoms with Gasteiger partial charge in [-0.1, -0.05) is 18.2 Å². The zero-order valence-corrected chi connectivity index (χ0v) is 17.7. The Labute approximate surface area is 177 Å². The lowest BCUT2D eigenvalue weighted by Crippen LogP contribution is -2.16. The molecule has 0 unspecified atom stereocenters. The maximum atomic E-state index is 13.1. The molecule has 30 heavy (non-hydrogen) atoms. The summed E-state index contributed by atoms with van der Waals surface area (Å²) in [6.45, 7) is 1.77. The molecule has 2 N–H and O–H groups in total. The summed E-state index contributed by atoms with van der Waals surface area (Å²) in [5.41, 5.74) is 3.29. The number of nitrogens with one attached hydrogen (secondary N) is 2. The highest BCUT2D eigenvalue weighted by atomic mass is 32.2. The van der Waals surface area contributed by atoms with Crippen molar-refractivity contribution in [3.8, 4) is 5.75 Å². The summed E-state index contributed by atoms with van der Waals surface area (Å²) in [5, 5.41) is 17.3. The van der Waals surface area contributed by atoms with Gasteiger partial charge in [-0.25, -0.2) is 8.42 Å². The second-order valence-electron chi connectivity index (χ2n) is 6.03. The number of hydrogen-bond donors (Lipinski definition) is 2. The van der Waals surface area contributed by atoms with E-state index in [0.717, 1.165) is 10.9 Å². The van der Waals surface area contributed by atoms with Crippen LogP contribution in [0.15, 0.2) is 70.0 Å². The van der Waals surface area contributed by atoms with Gasteiger partial charge in [0.2, 0.25) is 0 Å². The number of hydrogen-bond acceptors (Lipinski definition) is 8. The smallest absolute Gasteiger partial charge is 0.270 e. The summed E-state index contributed by atoms with van der Waals surface area (Å²) in [6, 6.07) is 13.7. The summed E-state index contributed by atoms with van der Waals surface area (Å²) in [6.07, 6.45) is 0. The monoisotopic (exact) mass is 446 g/mol. The van der Waals surface area contributed by atoms with Gasteiger partial charge in [0.25, 0.3) is 15.7 Å². The lowest BCUT2D eigenvalue weighted by atomic mass is 10.3. The average molecular weight is 447 g/mol. The van der Waals surface area contributed by atoms with Crippen LogP contribution in [0.4, 0.5) is 17.1 Å². The van der Waals surface area contributed by atoms with Crippen molar-refractivity contribution >= 4 is 44.1 Å². The average Bonchev–Trinajstić information content (AvgIpc) is 3.27. The van der Waals surface area contributed by atoms with E-state index in [2.05, 4.69) is 15.2 Å². The molecule has 0 bridgehead atoms. The summed E-state index contributed by atoms with van der Waals surface area (Å²) >= 11 is 1.48. The minimum Gasteiger partial charge on any atom is -0.495 e. The van der Waals surface area contributed by atoms with E-state index in [1.165, 1.54) is 36.6 Å². The molecular weight excluding hydrogens is 428 g/mol. The molecule has 0 amide bonds. The van der Waals surface area contributed by atoms with Crippen LogP contribution in [0.3, 0.4) is 0 Å². The number of hydrazone groups is 1. The quantitative estimate of drug-likeness (QED) is 0.302. The van der Waals surface area contributed by atoms with Gasteiger partial charge >= 0.3 is 0 Å². The molecule has 2 aromatic carbocycles. The van der Waals surface area contributed by atoms with Gasteiger partial charge in [0, 0.05) is 17.0 Å². The van der Waals surface area contributed by atoms with Crippen LogP contribution in [0.5, 0.6) is 5.75 Å². The summed E-state index contributed by atoms with van der Waals surface area (Å²) < 4.78 is 33.7. The Bertz CT molecular complexity index is 1190. The van der Waals surface area contributed by atoms with E-state index in [9.17, 15) is 18.5 Å². The Morgan fingerprint density at radius 3 is 2.57 bits per heavy atom. The SMILES string of the molecule is COc1ccccc1NS(=O)(=O)c1cc([N+](=O)[O-])ccc1N/N=C(\C)c1cccs1. The van der Waals surface area contributed by atoms with E-state index in [1.54, 1.807) is 25.1 Å². The van der Waals surface area contributed by atoms with E-state index < -0.39 is 14.9 Å². The number of non-ortho nitro benzene ring substituents is 1. The van der Waals surface area contributed by atoms with Crippen molar-refractivity contribution in [3.63, 3.8) is 0 Å². The third-order valence-corrected chi connectivity index (χ3v) is 6.42. The maximum absolute atomic E-state index is 13.1. The maximum Gasteiger partial charge on any atom is 0.270 e. The fourth-order valence-electron chi connectivity index (χ4n) is 2.55. The minimum absolute atomic E-state index is 0.0962. The van der Waals surface area contributed by atoms with Crippen molar-refractivity contribution in [1.82, 2.24) is 0 Å². The summed E-state index contributed by atoms with van der Waals surface area (Å²) in [4.78, 5) is 11.1. The number of para-hydroxylation sites is 2. The van der Waals surface area contributed by atoms with E-state index in [1.807, 2.05) is 17.5 Å². The molecule has 3 aromatic rings. The highest BCUT2D eigenvalue weighted by molar-refractivity contribution is 7.93. The van der Waals surface area contributed by atoms with Crippen molar-refractivity contribution in [2.24, 2.45) is 5.10 Å². The second-order valence-corrected chi connectivity index (χ2v) is 8.63. The van der Waals surface area contributed by atoms with Crippen LogP contribution in [0.25, 0.3) is 0 Å². The molecule has 0 aliphatic heterocycles. The summed E-state index contributed by atoms with van der Waals surface area (Å²) in [7, 11) is -2.79. The number of methoxy groups -OCH3 is 1. The molecule has 0 atom stereocenters. The van der Waals surface area contributed by atoms with Crippen LogP contribution in [0.2, 0.25) is 0 Å². The number of ether oxygens (including phenoxy) is 1. The molecule has 1 heterocycles. The van der Waals surface area contributed by atoms with E-state index >= 15 is 0 Å². The number of nitro groups is 1. The first-order valence-corrected chi connectivity index (χ1v) is 11.0. The topological polar surface area (TPSA) is 123 Å². The third-order valence-electron chi connectivity index (χ3n) is 4.04. The third kappa shape index (κ3) is 4.75. The first-order chi connectivity index (χ1) is 14.3. The molecule has 0 aliphatic carbocycles. The Balaban J connectivity index is 2.01. The zero-order chi connectivity index (χ0) is 21.7. The number of sulfonamides is 1. The Kier molecular flexibility index (Phi) is 6.33. The Morgan fingerprint density at radius 2 is 1.90 bits per heavy atom. The molecule has 0 fully saturated rings. The van der Waals surface area contributed by atoms with Crippen LogP contribution in [0, 0.1) is 10.1 Å². The van der Waals surface area contributed by atoms with Crippen molar-refractivity contribution < 1.29 is 18.1 Å². The predicted octanol–water partition coefficient (Wildman–Crippen LogP) is 4.30. The Hall–Kier alpha value is -3.44. The van der Waals surface area contributed by atoms with Crippen LogP contribution < -0.4 is 14.9 Å². The minimum atomic E-state index is -4.20. The highest BCUT2D eigenvalue weighted by Crippen LogP contribution is 2.31. The van der Waals surface area contributed by atoms with Crippen LogP contribution in [0.1, 0.15) is 11.8 Å². The fraction of sp³-hybridized carbons (Fsp3) is 0.105. The van der Waals surface area contributed by atoms with Crippen LogP contribution >= 0.6 is 11.3 Å². The van der Waals surface area contributed by atoms with E-state index in [4.69, 9.17) is 4.74 Å². The molecule has 156 valence electrons. The van der Waals surface area contributed by atoms with Crippen LogP contribution in [-0.4, -0.2) is 26.2 Å². The normalized spacial score (nSPS) is 11.7. The molecule has 0 saturated carbocycles. The first kappa shape index (κ1) is 21.3. The highest BCUT2D eigenvalue weighted by Gasteiger charge is 2.24. The lowest BCUT2D eigenvalue weighted by Gasteiger charge is -2.14. The van der Waals surface area contributed by atoms with Crippen molar-refractivity contribution in [1.29, 1.82) is 0 Å². The van der Waals surface area contributed by atoms with Crippen molar-refractivity contribution in [2.75, 3.05) is 17.3 Å². The Morgan fingerprint density at radius 1 is 1.13 bits per heavy atom. The number of rotatable bonds is 8. The van der Waals surface area contributed by atoms with Gasteiger partial charge in [-0.05, 0) is 36.6 Å². The summed E-state index contributed by atoms with van der Waals surface area (Å²) in [5.74, 6) is 0.313. The number of thiophene rings is 1. The van der Waals surface area contributed by atoms with Crippen LogP contribution in [-0.2, 0) is 10.0 Å². The molecule has 0 spiro atoms. The largest absolute Gasteiger partial charge is 0.495 e. The molecule has 0 aliphatic rings. The standard InChI is InChI=1S/C19H18N4O5S2/c1-13(18-8-5-11-29-18)20-21-16-10-9-14(23(24)25)12-19(16)30(26,27)22-15-6-3-4-7-17(15)28-2/h3-12,21-22H,1-2H3/b20-13+. The number of nitro benzene ring substituents is 1. The number of benzene rings is 2. The van der Waals surface area contributed by atoms with Gasteiger partial charge < -0.3 is 4.74 Å². The van der Waals surface area contributed by atoms with Gasteiger partial charge in [-0.2, -0.15) is 5.10 Å². The van der Waals surface area contributed by atoms with Gasteiger partial charge in [0.15, 0.2) is 0 Å². The van der Waals surface area contributed by atoms with Gasteiger partial charge in [0.05, 0.1) is 29.1 Å². The number of anilines is 2. The first-order valence-electron chi connectivity index (χ1n) is 8.60. The van der Waals surface area contributed by atoms with E-state index in [0.29, 0.717) is 11.5 Å². The molecule has 9 nitrogen and oxygen atoms in total. The van der Waals surface area contributed by atoms with Crippen molar-refractivity contribution in [3.05, 3.63) is 75.0 Å². The molecule has 0 saturated heterocycles. The van der Waals surface area contributed by atoms with Gasteiger partial charge in [-0.15, -0.1) is 11.3 Å². The molecule has 11 heteroatoms. The van der Waals surface area contributed by atoms with Crippen molar-refractivity contribution in [2.45, 2.75) is 11.8 Å². The molecule has 0 radical (unpaired) electrons. The van der Waals surface area contributed by atoms with E-state index in [-0.39, 0.29) is 22.0 Å².